The average Bonchev–Trinajstić information content (AvgIpc) is 2.90. The number of halogens is 2. The molecule has 0 unspecified atom stereocenters. The van der Waals surface area contributed by atoms with Crippen molar-refractivity contribution < 1.29 is 23.3 Å². The fourth-order valence-corrected chi connectivity index (χ4v) is 1.77. The Hall–Kier alpha value is -3.17. The Morgan fingerprint density at radius 2 is 2.17 bits per heavy atom. The molecule has 120 valence electrons. The van der Waals surface area contributed by atoms with Crippen molar-refractivity contribution in [3.05, 3.63) is 57.4 Å². The van der Waals surface area contributed by atoms with E-state index in [1.807, 2.05) is 0 Å². The zero-order chi connectivity index (χ0) is 17.0. The topological polar surface area (TPSA) is 99.6 Å². The van der Waals surface area contributed by atoms with Gasteiger partial charge in [-0.15, -0.1) is 0 Å². The van der Waals surface area contributed by atoms with E-state index in [1.54, 1.807) is 0 Å². The van der Waals surface area contributed by atoms with Gasteiger partial charge in [-0.05, 0) is 6.07 Å². The summed E-state index contributed by atoms with van der Waals surface area (Å²) in [5.41, 5.74) is -1.28. The zero-order valence-corrected chi connectivity index (χ0v) is 11.7. The molecule has 1 aromatic heterocycles. The van der Waals surface area contributed by atoms with Crippen molar-refractivity contribution in [1.29, 1.82) is 0 Å². The molecule has 0 bridgehead atoms. The number of hydrogen-bond acceptors (Lipinski definition) is 6. The van der Waals surface area contributed by atoms with Gasteiger partial charge in [-0.1, -0.05) is 17.3 Å². The standard InChI is InChI=1S/C13H10F2N4O4/c1-18-7-9(11(17-18)12(14)15)13(20)23-16-6-8-4-2-3-5-10(8)19(21)22/h2-7,12H,1H3/b16-6+. The molecule has 0 N–H and O–H groups in total. The number of carbonyl (C=O) groups is 1. The molecule has 10 heteroatoms. The first-order valence-corrected chi connectivity index (χ1v) is 6.20. The minimum atomic E-state index is -2.95. The first kappa shape index (κ1) is 16.2. The molecule has 0 aliphatic carbocycles. The molecule has 2 rings (SSSR count). The van der Waals surface area contributed by atoms with E-state index in [0.717, 1.165) is 17.1 Å². The largest absolute Gasteiger partial charge is 0.369 e. The van der Waals surface area contributed by atoms with Gasteiger partial charge in [0.05, 0.1) is 16.7 Å². The van der Waals surface area contributed by atoms with Gasteiger partial charge in [0.2, 0.25) is 0 Å². The van der Waals surface area contributed by atoms with E-state index < -0.39 is 28.6 Å². The van der Waals surface area contributed by atoms with Crippen LogP contribution in [0.4, 0.5) is 14.5 Å². The highest BCUT2D eigenvalue weighted by Gasteiger charge is 2.24. The van der Waals surface area contributed by atoms with Gasteiger partial charge in [0.15, 0.2) is 0 Å². The Labute approximate surface area is 128 Å². The van der Waals surface area contributed by atoms with Crippen molar-refractivity contribution in [2.75, 3.05) is 0 Å². The molecule has 0 radical (unpaired) electrons. The van der Waals surface area contributed by atoms with E-state index in [-0.39, 0.29) is 11.3 Å². The molecule has 0 fully saturated rings. The van der Waals surface area contributed by atoms with Crippen LogP contribution in [0.1, 0.15) is 28.0 Å². The van der Waals surface area contributed by atoms with Gasteiger partial charge < -0.3 is 4.84 Å². The SMILES string of the molecule is Cn1cc(C(=O)O/N=C/c2ccccc2[N+](=O)[O-])c(C(F)F)n1. The lowest BCUT2D eigenvalue weighted by Gasteiger charge is -1.98. The van der Waals surface area contributed by atoms with Gasteiger partial charge in [-0.3, -0.25) is 14.8 Å². The number of alkyl halides is 2. The summed E-state index contributed by atoms with van der Waals surface area (Å²) in [6.45, 7) is 0. The summed E-state index contributed by atoms with van der Waals surface area (Å²) in [5, 5.41) is 17.6. The van der Waals surface area contributed by atoms with Crippen molar-refractivity contribution in [1.82, 2.24) is 9.78 Å². The monoisotopic (exact) mass is 324 g/mol. The number of nitro benzene ring substituents is 1. The van der Waals surface area contributed by atoms with Gasteiger partial charge in [0, 0.05) is 19.3 Å². The molecular formula is C13H10F2N4O4. The quantitative estimate of drug-likeness (QED) is 0.364. The van der Waals surface area contributed by atoms with Crippen LogP contribution in [-0.4, -0.2) is 26.9 Å². The lowest BCUT2D eigenvalue weighted by molar-refractivity contribution is -0.385. The molecule has 1 aromatic carbocycles. The van der Waals surface area contributed by atoms with Crippen LogP contribution >= 0.6 is 0 Å². The maximum Gasteiger partial charge on any atom is 0.369 e. The van der Waals surface area contributed by atoms with Crippen LogP contribution < -0.4 is 0 Å². The number of hydrogen-bond donors (Lipinski definition) is 0. The minimum Gasteiger partial charge on any atom is -0.313 e. The van der Waals surface area contributed by atoms with Crippen LogP contribution in [0.5, 0.6) is 0 Å². The maximum absolute atomic E-state index is 12.7. The Kier molecular flexibility index (Phi) is 4.74. The van der Waals surface area contributed by atoms with E-state index >= 15 is 0 Å². The highest BCUT2D eigenvalue weighted by Crippen LogP contribution is 2.21. The summed E-state index contributed by atoms with van der Waals surface area (Å²) in [5.74, 6) is -1.14. The third-order valence-corrected chi connectivity index (χ3v) is 2.74. The Morgan fingerprint density at radius 3 is 2.83 bits per heavy atom. The van der Waals surface area contributed by atoms with Gasteiger partial charge >= 0.3 is 5.97 Å². The van der Waals surface area contributed by atoms with Crippen LogP contribution in [0, 0.1) is 10.1 Å². The number of rotatable bonds is 5. The Morgan fingerprint density at radius 1 is 1.48 bits per heavy atom. The predicted molar refractivity (Wildman–Crippen MR) is 74.3 cm³/mol. The first-order valence-electron chi connectivity index (χ1n) is 6.20. The Bertz CT molecular complexity index is 773. The molecule has 0 amide bonds. The summed E-state index contributed by atoms with van der Waals surface area (Å²) in [6.07, 6.45) is -0.920. The number of aromatic nitrogens is 2. The van der Waals surface area contributed by atoms with Crippen molar-refractivity contribution in [2.45, 2.75) is 6.43 Å². The van der Waals surface area contributed by atoms with E-state index in [0.29, 0.717) is 0 Å². The lowest BCUT2D eigenvalue weighted by Crippen LogP contribution is -2.04. The number of para-hydroxylation sites is 1. The van der Waals surface area contributed by atoms with E-state index in [1.165, 1.54) is 31.3 Å². The predicted octanol–water partition coefficient (Wildman–Crippen LogP) is 2.46. The fourth-order valence-electron chi connectivity index (χ4n) is 1.77. The zero-order valence-electron chi connectivity index (χ0n) is 11.7. The third-order valence-electron chi connectivity index (χ3n) is 2.74. The fraction of sp³-hybridized carbons (Fsp3) is 0.154. The first-order chi connectivity index (χ1) is 10.9. The molecule has 0 spiro atoms. The van der Waals surface area contributed by atoms with E-state index in [2.05, 4.69) is 15.1 Å². The summed E-state index contributed by atoms with van der Waals surface area (Å²) < 4.78 is 26.5. The second kappa shape index (κ2) is 6.73. The van der Waals surface area contributed by atoms with Crippen LogP contribution in [0.2, 0.25) is 0 Å². The Balaban J connectivity index is 2.15. The molecule has 8 nitrogen and oxygen atoms in total. The number of nitro groups is 1. The summed E-state index contributed by atoms with van der Waals surface area (Å²) in [6, 6.07) is 5.64. The molecule has 0 atom stereocenters. The third kappa shape index (κ3) is 3.73. The number of benzene rings is 1. The number of carbonyl (C=O) groups excluding carboxylic acids is 1. The summed E-state index contributed by atoms with van der Waals surface area (Å²) >= 11 is 0. The normalized spacial score (nSPS) is 11.1. The maximum atomic E-state index is 12.7. The molecule has 1 heterocycles. The highest BCUT2D eigenvalue weighted by molar-refractivity contribution is 5.91. The average molecular weight is 324 g/mol. The number of nitrogens with zero attached hydrogens (tertiary/aromatic N) is 4. The second-order valence-corrected chi connectivity index (χ2v) is 4.33. The number of oxime groups is 1. The van der Waals surface area contributed by atoms with Gasteiger partial charge in [-0.2, -0.15) is 5.10 Å². The van der Waals surface area contributed by atoms with Crippen LogP contribution in [-0.2, 0) is 11.9 Å². The van der Waals surface area contributed by atoms with E-state index in [4.69, 9.17) is 0 Å². The van der Waals surface area contributed by atoms with Crippen molar-refractivity contribution >= 4 is 17.9 Å². The lowest BCUT2D eigenvalue weighted by atomic mass is 10.2. The summed E-state index contributed by atoms with van der Waals surface area (Å²) in [7, 11) is 1.37. The number of aryl methyl sites for hydroxylation is 1. The van der Waals surface area contributed by atoms with Crippen LogP contribution in [0.15, 0.2) is 35.6 Å². The van der Waals surface area contributed by atoms with Gasteiger partial charge in [0.25, 0.3) is 12.1 Å². The van der Waals surface area contributed by atoms with Gasteiger partial charge in [-0.25, -0.2) is 13.6 Å². The molecule has 0 saturated carbocycles. The van der Waals surface area contributed by atoms with Crippen molar-refractivity contribution in [2.24, 2.45) is 12.2 Å². The smallest absolute Gasteiger partial charge is 0.313 e. The van der Waals surface area contributed by atoms with Crippen LogP contribution in [0.3, 0.4) is 0 Å². The molecule has 0 aliphatic heterocycles. The molecule has 2 aromatic rings. The molecular weight excluding hydrogens is 314 g/mol. The van der Waals surface area contributed by atoms with Crippen molar-refractivity contribution in [3.63, 3.8) is 0 Å². The molecule has 0 saturated heterocycles. The molecule has 23 heavy (non-hydrogen) atoms. The highest BCUT2D eigenvalue weighted by atomic mass is 19.3. The van der Waals surface area contributed by atoms with Gasteiger partial charge in [0.1, 0.15) is 11.3 Å². The van der Waals surface area contributed by atoms with Crippen molar-refractivity contribution in [3.8, 4) is 0 Å². The van der Waals surface area contributed by atoms with E-state index in [9.17, 15) is 23.7 Å². The summed E-state index contributed by atoms with van der Waals surface area (Å²) in [4.78, 5) is 26.4. The second-order valence-electron chi connectivity index (χ2n) is 4.33. The minimum absolute atomic E-state index is 0.102. The van der Waals surface area contributed by atoms with Crippen LogP contribution in [0.25, 0.3) is 0 Å². The molecule has 0 aliphatic rings.